The van der Waals surface area contributed by atoms with Crippen molar-refractivity contribution in [2.75, 3.05) is 0 Å². The Bertz CT molecular complexity index is 452. The summed E-state index contributed by atoms with van der Waals surface area (Å²) in [6, 6.07) is 9.40. The van der Waals surface area contributed by atoms with Crippen molar-refractivity contribution in [1.29, 1.82) is 0 Å². The average molecular weight is 187 g/mol. The molecule has 0 aliphatic rings. The lowest BCUT2D eigenvalue weighted by Gasteiger charge is -1.92. The first-order valence-corrected chi connectivity index (χ1v) is 4.21. The highest BCUT2D eigenvalue weighted by Gasteiger charge is 2.08. The summed E-state index contributed by atoms with van der Waals surface area (Å²) in [6.45, 7) is 3.32. The summed E-state index contributed by atoms with van der Waals surface area (Å²) in [4.78, 5) is 14.2. The van der Waals surface area contributed by atoms with Gasteiger partial charge in [-0.1, -0.05) is 24.8 Å². The number of nitrogens with one attached hydrogen (secondary N) is 1. The van der Waals surface area contributed by atoms with Crippen LogP contribution in [0.4, 0.5) is 0 Å². The summed E-state index contributed by atoms with van der Waals surface area (Å²) in [7, 11) is 0. The van der Waals surface area contributed by atoms with E-state index in [2.05, 4.69) is 16.3 Å². The number of aromatic nitrogens is 1. The minimum Gasteiger partial charge on any atom is -0.430 e. The van der Waals surface area contributed by atoms with Crippen molar-refractivity contribution in [2.45, 2.75) is 0 Å². The smallest absolute Gasteiger partial charge is 0.359 e. The van der Waals surface area contributed by atoms with Crippen LogP contribution in [0.2, 0.25) is 0 Å². The fourth-order valence-electron chi connectivity index (χ4n) is 1.32. The monoisotopic (exact) mass is 187 g/mol. The summed E-state index contributed by atoms with van der Waals surface area (Å²) >= 11 is 0. The molecule has 1 heterocycles. The lowest BCUT2D eigenvalue weighted by atomic mass is 10.2. The van der Waals surface area contributed by atoms with Gasteiger partial charge in [-0.3, -0.25) is 0 Å². The topological polar surface area (TPSA) is 42.1 Å². The number of para-hydroxylation sites is 1. The van der Waals surface area contributed by atoms with E-state index in [0.29, 0.717) is 5.69 Å². The van der Waals surface area contributed by atoms with E-state index < -0.39 is 5.97 Å². The van der Waals surface area contributed by atoms with Gasteiger partial charge in [-0.05, 0) is 12.1 Å². The van der Waals surface area contributed by atoms with Gasteiger partial charge in [0.25, 0.3) is 0 Å². The predicted octanol–water partition coefficient (Wildman–Crippen LogP) is 2.47. The lowest BCUT2D eigenvalue weighted by Crippen LogP contribution is -1.99. The molecule has 1 aromatic heterocycles. The first-order chi connectivity index (χ1) is 6.81. The Hall–Kier alpha value is -2.03. The van der Waals surface area contributed by atoms with Gasteiger partial charge in [0, 0.05) is 10.9 Å². The van der Waals surface area contributed by atoms with E-state index in [1.807, 2.05) is 24.3 Å². The number of carbonyl (C=O) groups excluding carboxylic acids is 1. The third-order valence-electron chi connectivity index (χ3n) is 1.94. The Balaban J connectivity index is 2.44. The summed E-state index contributed by atoms with van der Waals surface area (Å²) in [6.07, 6.45) is 1.12. The fourth-order valence-corrected chi connectivity index (χ4v) is 1.32. The molecule has 0 aliphatic heterocycles. The van der Waals surface area contributed by atoms with Gasteiger partial charge in [-0.25, -0.2) is 4.79 Å². The molecule has 0 atom stereocenters. The molecule has 0 spiro atoms. The molecular weight excluding hydrogens is 178 g/mol. The molecule has 0 amide bonds. The van der Waals surface area contributed by atoms with Gasteiger partial charge >= 0.3 is 5.97 Å². The molecule has 3 heteroatoms. The van der Waals surface area contributed by atoms with Gasteiger partial charge in [-0.2, -0.15) is 0 Å². The Morgan fingerprint density at radius 2 is 2.21 bits per heavy atom. The van der Waals surface area contributed by atoms with Crippen LogP contribution in [0.1, 0.15) is 10.5 Å². The SMILES string of the molecule is C=COC(=O)c1cc2ccccc2[nH]1. The van der Waals surface area contributed by atoms with Crippen LogP contribution in [0.5, 0.6) is 0 Å². The second-order valence-corrected chi connectivity index (χ2v) is 2.84. The summed E-state index contributed by atoms with van der Waals surface area (Å²) in [5, 5.41) is 0.989. The molecule has 0 unspecified atom stereocenters. The molecule has 1 aromatic carbocycles. The van der Waals surface area contributed by atoms with Gasteiger partial charge in [0.15, 0.2) is 0 Å². The van der Waals surface area contributed by atoms with Crippen molar-refractivity contribution in [3.05, 3.63) is 48.9 Å². The second kappa shape index (κ2) is 3.38. The van der Waals surface area contributed by atoms with Crippen molar-refractivity contribution >= 4 is 16.9 Å². The maximum absolute atomic E-state index is 11.3. The number of ether oxygens (including phenoxy) is 1. The van der Waals surface area contributed by atoms with Crippen LogP contribution in [0.3, 0.4) is 0 Å². The van der Waals surface area contributed by atoms with E-state index in [1.54, 1.807) is 6.07 Å². The largest absolute Gasteiger partial charge is 0.430 e. The molecule has 1 N–H and O–H groups in total. The Labute approximate surface area is 81.0 Å². The highest BCUT2D eigenvalue weighted by molar-refractivity contribution is 5.94. The van der Waals surface area contributed by atoms with Crippen LogP contribution in [0.15, 0.2) is 43.2 Å². The first-order valence-electron chi connectivity index (χ1n) is 4.21. The lowest BCUT2D eigenvalue weighted by molar-refractivity contribution is 0.0659. The molecule has 70 valence electrons. The number of carbonyl (C=O) groups is 1. The molecule has 2 rings (SSSR count). The normalized spacial score (nSPS) is 10.0. The molecule has 0 radical (unpaired) electrons. The first kappa shape index (κ1) is 8.56. The molecule has 0 saturated carbocycles. The second-order valence-electron chi connectivity index (χ2n) is 2.84. The zero-order valence-electron chi connectivity index (χ0n) is 7.49. The molecule has 3 nitrogen and oxygen atoms in total. The zero-order valence-corrected chi connectivity index (χ0v) is 7.49. The van der Waals surface area contributed by atoms with Crippen LogP contribution < -0.4 is 0 Å². The molecule has 14 heavy (non-hydrogen) atoms. The maximum Gasteiger partial charge on any atom is 0.359 e. The summed E-state index contributed by atoms with van der Waals surface area (Å²) < 4.78 is 4.65. The molecule has 0 saturated heterocycles. The van der Waals surface area contributed by atoms with Gasteiger partial charge in [0.1, 0.15) is 5.69 Å². The summed E-state index contributed by atoms with van der Waals surface area (Å²) in [5.41, 5.74) is 1.36. The minimum atomic E-state index is -0.420. The quantitative estimate of drug-likeness (QED) is 0.579. The molecular formula is C11H9NO2. The van der Waals surface area contributed by atoms with Crippen molar-refractivity contribution in [3.8, 4) is 0 Å². The van der Waals surface area contributed by atoms with Crippen LogP contribution in [0, 0.1) is 0 Å². The van der Waals surface area contributed by atoms with Crippen LogP contribution in [0.25, 0.3) is 10.9 Å². The van der Waals surface area contributed by atoms with E-state index in [-0.39, 0.29) is 0 Å². The van der Waals surface area contributed by atoms with Crippen LogP contribution >= 0.6 is 0 Å². The van der Waals surface area contributed by atoms with Crippen molar-refractivity contribution < 1.29 is 9.53 Å². The van der Waals surface area contributed by atoms with Crippen molar-refractivity contribution in [1.82, 2.24) is 4.98 Å². The zero-order chi connectivity index (χ0) is 9.97. The molecule has 0 fully saturated rings. The average Bonchev–Trinajstić information content (AvgIpc) is 2.61. The van der Waals surface area contributed by atoms with Crippen LogP contribution in [-0.4, -0.2) is 11.0 Å². The number of esters is 1. The minimum absolute atomic E-state index is 0.420. The van der Waals surface area contributed by atoms with E-state index in [4.69, 9.17) is 0 Å². The molecule has 0 bridgehead atoms. The Morgan fingerprint density at radius 1 is 1.43 bits per heavy atom. The Morgan fingerprint density at radius 3 is 2.93 bits per heavy atom. The summed E-state index contributed by atoms with van der Waals surface area (Å²) in [5.74, 6) is -0.420. The van der Waals surface area contributed by atoms with Gasteiger partial charge in [0.2, 0.25) is 0 Å². The Kier molecular flexibility index (Phi) is 2.07. The highest BCUT2D eigenvalue weighted by Crippen LogP contribution is 2.15. The maximum atomic E-state index is 11.3. The number of benzene rings is 1. The van der Waals surface area contributed by atoms with Crippen LogP contribution in [-0.2, 0) is 4.74 Å². The van der Waals surface area contributed by atoms with E-state index in [9.17, 15) is 4.79 Å². The molecule has 0 aliphatic carbocycles. The third kappa shape index (κ3) is 1.40. The standard InChI is InChI=1S/C11H9NO2/c1-2-14-11(13)10-7-8-5-3-4-6-9(8)12-10/h2-7,12H,1H2. The van der Waals surface area contributed by atoms with E-state index in [1.165, 1.54) is 0 Å². The van der Waals surface area contributed by atoms with Crippen molar-refractivity contribution in [3.63, 3.8) is 0 Å². The van der Waals surface area contributed by atoms with E-state index in [0.717, 1.165) is 17.2 Å². The number of fused-ring (bicyclic) bond motifs is 1. The van der Waals surface area contributed by atoms with Gasteiger partial charge in [-0.15, -0.1) is 0 Å². The van der Waals surface area contributed by atoms with Crippen molar-refractivity contribution in [2.24, 2.45) is 0 Å². The highest BCUT2D eigenvalue weighted by atomic mass is 16.5. The van der Waals surface area contributed by atoms with Gasteiger partial charge in [0.05, 0.1) is 6.26 Å². The number of H-pyrrole nitrogens is 1. The molecule has 2 aromatic rings. The fraction of sp³-hybridized carbons (Fsp3) is 0. The van der Waals surface area contributed by atoms with Gasteiger partial charge < -0.3 is 9.72 Å². The number of aromatic amines is 1. The third-order valence-corrected chi connectivity index (χ3v) is 1.94. The number of rotatable bonds is 2. The predicted molar refractivity (Wildman–Crippen MR) is 53.9 cm³/mol. The van der Waals surface area contributed by atoms with E-state index >= 15 is 0 Å². The number of hydrogen-bond donors (Lipinski definition) is 1. The number of hydrogen-bond acceptors (Lipinski definition) is 2.